The van der Waals surface area contributed by atoms with E-state index in [2.05, 4.69) is 39.0 Å². The Balaban J connectivity index is 2.09. The zero-order valence-corrected chi connectivity index (χ0v) is 17.6. The summed E-state index contributed by atoms with van der Waals surface area (Å²) in [6, 6.07) is 2.92. The SMILES string of the molecule is C/C1=C/CC(C)(C)/C=C\C[C@]2(C)Oc3cc(=O)c(O)cc(C)c3C[C@H]2C[C@@H]1O. The largest absolute Gasteiger partial charge is 0.504 e. The summed E-state index contributed by atoms with van der Waals surface area (Å²) in [5, 5.41) is 20.8. The van der Waals surface area contributed by atoms with Gasteiger partial charge in [-0.25, -0.2) is 0 Å². The minimum atomic E-state index is -0.534. The highest BCUT2D eigenvalue weighted by molar-refractivity contribution is 5.44. The van der Waals surface area contributed by atoms with Crippen LogP contribution >= 0.6 is 0 Å². The molecule has 28 heavy (non-hydrogen) atoms. The summed E-state index contributed by atoms with van der Waals surface area (Å²) in [4.78, 5) is 12.2. The van der Waals surface area contributed by atoms with E-state index in [0.717, 1.165) is 23.1 Å². The molecule has 0 radical (unpaired) electrons. The molecule has 1 aromatic rings. The van der Waals surface area contributed by atoms with Gasteiger partial charge in [-0.1, -0.05) is 32.1 Å². The number of aryl methyl sites for hydroxylation is 1. The number of rotatable bonds is 0. The molecule has 0 unspecified atom stereocenters. The predicted molar refractivity (Wildman–Crippen MR) is 112 cm³/mol. The molecule has 4 heteroatoms. The number of allylic oxidation sites excluding steroid dienone is 2. The van der Waals surface area contributed by atoms with Crippen molar-refractivity contribution in [2.24, 2.45) is 11.3 Å². The second kappa shape index (κ2) is 7.40. The van der Waals surface area contributed by atoms with E-state index in [-0.39, 0.29) is 17.1 Å². The predicted octanol–water partition coefficient (Wildman–Crippen LogP) is 4.44. The molecule has 3 rings (SSSR count). The van der Waals surface area contributed by atoms with Crippen LogP contribution in [0.5, 0.6) is 11.5 Å². The first-order valence-electron chi connectivity index (χ1n) is 10.1. The lowest BCUT2D eigenvalue weighted by Gasteiger charge is -2.43. The van der Waals surface area contributed by atoms with Gasteiger partial charge in [-0.05, 0) is 68.2 Å². The topological polar surface area (TPSA) is 66.8 Å². The minimum absolute atomic E-state index is 0.000751. The number of hydrogen-bond donors (Lipinski definition) is 2. The number of aromatic hydroxyl groups is 1. The minimum Gasteiger partial charge on any atom is -0.504 e. The maximum atomic E-state index is 12.2. The molecule has 0 bridgehead atoms. The van der Waals surface area contributed by atoms with E-state index in [1.807, 2.05) is 13.8 Å². The average Bonchev–Trinajstić information content (AvgIpc) is 2.70. The Bertz CT molecular complexity index is 881. The highest BCUT2D eigenvalue weighted by atomic mass is 16.5. The number of hydrogen-bond acceptors (Lipinski definition) is 4. The smallest absolute Gasteiger partial charge is 0.223 e. The van der Waals surface area contributed by atoms with Crippen LogP contribution in [0.25, 0.3) is 0 Å². The Morgan fingerprint density at radius 2 is 1.86 bits per heavy atom. The summed E-state index contributed by atoms with van der Waals surface area (Å²) in [6.07, 6.45) is 8.88. The Morgan fingerprint density at radius 3 is 2.57 bits per heavy atom. The normalized spacial score (nSPS) is 32.6. The van der Waals surface area contributed by atoms with Crippen LogP contribution in [0.15, 0.2) is 40.7 Å². The average molecular weight is 385 g/mol. The second-order valence-corrected chi connectivity index (χ2v) is 9.38. The van der Waals surface area contributed by atoms with E-state index in [1.54, 1.807) is 0 Å². The summed E-state index contributed by atoms with van der Waals surface area (Å²) in [5.74, 6) is 0.372. The van der Waals surface area contributed by atoms with Gasteiger partial charge in [0.1, 0.15) is 11.4 Å². The molecule has 2 N–H and O–H groups in total. The van der Waals surface area contributed by atoms with Gasteiger partial charge in [-0.3, -0.25) is 4.79 Å². The van der Waals surface area contributed by atoms with Crippen LogP contribution in [0.4, 0.5) is 0 Å². The van der Waals surface area contributed by atoms with E-state index < -0.39 is 17.1 Å². The maximum Gasteiger partial charge on any atom is 0.223 e. The van der Waals surface area contributed by atoms with Crippen molar-refractivity contribution >= 4 is 0 Å². The number of ether oxygens (including phenoxy) is 1. The molecule has 0 saturated heterocycles. The van der Waals surface area contributed by atoms with Gasteiger partial charge in [0.05, 0.1) is 6.10 Å². The van der Waals surface area contributed by atoms with E-state index >= 15 is 0 Å². The quantitative estimate of drug-likeness (QED) is 0.649. The lowest BCUT2D eigenvalue weighted by atomic mass is 9.75. The monoisotopic (exact) mass is 384 g/mol. The Morgan fingerprint density at radius 1 is 1.14 bits per heavy atom. The molecule has 1 heterocycles. The summed E-state index contributed by atoms with van der Waals surface area (Å²) in [7, 11) is 0. The maximum absolute atomic E-state index is 12.2. The van der Waals surface area contributed by atoms with Crippen molar-refractivity contribution in [1.82, 2.24) is 0 Å². The van der Waals surface area contributed by atoms with Crippen molar-refractivity contribution in [2.75, 3.05) is 0 Å². The van der Waals surface area contributed by atoms with Crippen molar-refractivity contribution in [3.8, 4) is 11.5 Å². The lowest BCUT2D eigenvalue weighted by molar-refractivity contribution is -0.00739. The molecule has 0 spiro atoms. The zero-order chi connectivity index (χ0) is 20.7. The van der Waals surface area contributed by atoms with E-state index in [9.17, 15) is 15.0 Å². The van der Waals surface area contributed by atoms with Gasteiger partial charge in [0.15, 0.2) is 5.75 Å². The number of aliphatic hydroxyl groups is 1. The zero-order valence-electron chi connectivity index (χ0n) is 17.6. The third-order valence-corrected chi connectivity index (χ3v) is 6.37. The molecular formula is C24H32O4. The first-order valence-corrected chi connectivity index (χ1v) is 10.1. The molecule has 2 aliphatic rings. The van der Waals surface area contributed by atoms with E-state index in [1.165, 1.54) is 12.1 Å². The number of aliphatic hydroxyl groups excluding tert-OH is 1. The first-order chi connectivity index (χ1) is 13.0. The molecule has 0 amide bonds. The fourth-order valence-electron chi connectivity index (χ4n) is 4.22. The molecule has 1 aromatic carbocycles. The Labute approximate surface area is 167 Å². The van der Waals surface area contributed by atoms with Gasteiger partial charge >= 0.3 is 0 Å². The first kappa shape index (κ1) is 20.7. The van der Waals surface area contributed by atoms with Gasteiger partial charge in [0.2, 0.25) is 5.43 Å². The molecule has 3 atom stereocenters. The molecule has 4 nitrogen and oxygen atoms in total. The van der Waals surface area contributed by atoms with Crippen LogP contribution in [-0.2, 0) is 6.42 Å². The van der Waals surface area contributed by atoms with Crippen molar-refractivity contribution in [2.45, 2.75) is 72.0 Å². The van der Waals surface area contributed by atoms with Gasteiger partial charge in [0, 0.05) is 18.4 Å². The molecule has 0 saturated carbocycles. The van der Waals surface area contributed by atoms with Gasteiger partial charge in [-0.15, -0.1) is 0 Å². The van der Waals surface area contributed by atoms with Crippen LogP contribution in [0, 0.1) is 18.3 Å². The van der Waals surface area contributed by atoms with Crippen molar-refractivity contribution in [3.63, 3.8) is 0 Å². The van der Waals surface area contributed by atoms with Crippen LogP contribution < -0.4 is 10.2 Å². The summed E-state index contributed by atoms with van der Waals surface area (Å²) in [5.41, 5.74) is 1.80. The summed E-state index contributed by atoms with van der Waals surface area (Å²) in [6.45, 7) is 10.3. The molecular weight excluding hydrogens is 352 g/mol. The highest BCUT2D eigenvalue weighted by Gasteiger charge is 2.42. The molecule has 0 fully saturated rings. The van der Waals surface area contributed by atoms with Crippen LogP contribution in [0.3, 0.4) is 0 Å². The molecule has 152 valence electrons. The third kappa shape index (κ3) is 4.17. The standard InChI is InChI=1S/C24H32O4/c1-15-7-10-23(3,4)8-6-9-24(5)17(13-19(15)25)12-18-16(2)11-20(26)21(27)14-22(18)28-24/h6-8,11,14,17,19,25H,9-10,12-13H2,1-5H3,(H,26,27)/b8-6-,15-7-/t17-,19-,24-/m0/s1. The number of fused-ring (bicyclic) bond motifs is 2. The third-order valence-electron chi connectivity index (χ3n) is 6.37. The van der Waals surface area contributed by atoms with Gasteiger partial charge in [-0.2, -0.15) is 0 Å². The second-order valence-electron chi connectivity index (χ2n) is 9.38. The van der Waals surface area contributed by atoms with Gasteiger partial charge in [0.25, 0.3) is 0 Å². The highest BCUT2D eigenvalue weighted by Crippen LogP contribution is 2.43. The fraction of sp³-hybridized carbons (Fsp3) is 0.542. The van der Waals surface area contributed by atoms with Crippen LogP contribution in [0.2, 0.25) is 0 Å². The van der Waals surface area contributed by atoms with Crippen LogP contribution in [-0.4, -0.2) is 21.9 Å². The molecule has 1 aliphatic carbocycles. The lowest BCUT2D eigenvalue weighted by Crippen LogP contribution is -2.46. The summed E-state index contributed by atoms with van der Waals surface area (Å²) < 4.78 is 6.43. The fourth-order valence-corrected chi connectivity index (χ4v) is 4.22. The Hall–Kier alpha value is -2.07. The van der Waals surface area contributed by atoms with Crippen molar-refractivity contribution in [1.29, 1.82) is 0 Å². The van der Waals surface area contributed by atoms with Crippen molar-refractivity contribution in [3.05, 3.63) is 57.3 Å². The van der Waals surface area contributed by atoms with Crippen LogP contribution in [0.1, 0.15) is 58.1 Å². The molecule has 0 aromatic heterocycles. The van der Waals surface area contributed by atoms with Gasteiger partial charge < -0.3 is 14.9 Å². The van der Waals surface area contributed by atoms with E-state index in [4.69, 9.17) is 4.74 Å². The van der Waals surface area contributed by atoms with E-state index in [0.29, 0.717) is 25.0 Å². The summed E-state index contributed by atoms with van der Waals surface area (Å²) >= 11 is 0. The van der Waals surface area contributed by atoms with Crippen molar-refractivity contribution < 1.29 is 14.9 Å². The molecule has 1 aliphatic heterocycles. The Kier molecular flexibility index (Phi) is 5.46.